The molecule has 0 aliphatic carbocycles. The molecule has 0 unspecified atom stereocenters. The van der Waals surface area contributed by atoms with Crippen molar-refractivity contribution in [3.05, 3.63) is 47.5 Å². The van der Waals surface area contributed by atoms with E-state index >= 15 is 0 Å². The normalized spacial score (nSPS) is 11.4. The number of aromatic nitrogens is 4. The Labute approximate surface area is 129 Å². The second kappa shape index (κ2) is 4.71. The fourth-order valence-corrected chi connectivity index (χ4v) is 2.62. The lowest BCUT2D eigenvalue weighted by atomic mass is 10.3. The van der Waals surface area contributed by atoms with E-state index in [0.29, 0.717) is 16.6 Å². The van der Waals surface area contributed by atoms with Crippen LogP contribution in [0.5, 0.6) is 0 Å². The highest BCUT2D eigenvalue weighted by atomic mass is 35.5. The van der Waals surface area contributed by atoms with Crippen LogP contribution in [0.25, 0.3) is 22.1 Å². The molecule has 5 nitrogen and oxygen atoms in total. The van der Waals surface area contributed by atoms with Crippen LogP contribution in [0.2, 0.25) is 5.15 Å². The number of nitrogens with one attached hydrogen (secondary N) is 2. The standard InChI is InChI=1S/C15H11ClFN5/c1-22-12-4-2-8(17)6-10(12)19-15(22)20-11-7-18-9-3-5-13(16)21-14(9)11/h2-7,18H,1H3,(H,19,20). The van der Waals surface area contributed by atoms with Crippen LogP contribution in [-0.2, 0) is 7.05 Å². The molecule has 3 heterocycles. The summed E-state index contributed by atoms with van der Waals surface area (Å²) in [6.45, 7) is 0. The summed E-state index contributed by atoms with van der Waals surface area (Å²) in [5.41, 5.74) is 3.80. The Bertz CT molecular complexity index is 1000. The summed E-state index contributed by atoms with van der Waals surface area (Å²) in [4.78, 5) is 11.8. The lowest BCUT2D eigenvalue weighted by Gasteiger charge is -2.04. The Kier molecular flexibility index (Phi) is 2.80. The molecule has 0 radical (unpaired) electrons. The average molecular weight is 316 g/mol. The van der Waals surface area contributed by atoms with E-state index in [2.05, 4.69) is 20.3 Å². The molecule has 3 aromatic heterocycles. The number of anilines is 2. The largest absolute Gasteiger partial charge is 0.358 e. The van der Waals surface area contributed by atoms with Gasteiger partial charge in [-0.1, -0.05) is 11.6 Å². The highest BCUT2D eigenvalue weighted by Crippen LogP contribution is 2.27. The van der Waals surface area contributed by atoms with Crippen molar-refractivity contribution in [3.63, 3.8) is 0 Å². The van der Waals surface area contributed by atoms with Crippen molar-refractivity contribution in [1.82, 2.24) is 19.5 Å². The lowest BCUT2D eigenvalue weighted by molar-refractivity contribution is 0.629. The summed E-state index contributed by atoms with van der Waals surface area (Å²) in [5, 5.41) is 3.63. The van der Waals surface area contributed by atoms with E-state index in [0.717, 1.165) is 22.2 Å². The summed E-state index contributed by atoms with van der Waals surface area (Å²) in [7, 11) is 1.87. The van der Waals surface area contributed by atoms with E-state index in [4.69, 9.17) is 11.6 Å². The van der Waals surface area contributed by atoms with E-state index in [9.17, 15) is 4.39 Å². The smallest absolute Gasteiger partial charge is 0.208 e. The number of H-pyrrole nitrogens is 1. The average Bonchev–Trinajstić information content (AvgIpc) is 3.01. The van der Waals surface area contributed by atoms with Gasteiger partial charge in [0.1, 0.15) is 16.5 Å². The molecule has 7 heteroatoms. The highest BCUT2D eigenvalue weighted by molar-refractivity contribution is 6.29. The van der Waals surface area contributed by atoms with Crippen LogP contribution in [0.1, 0.15) is 0 Å². The molecule has 4 aromatic rings. The molecule has 2 N–H and O–H groups in total. The third kappa shape index (κ3) is 2.00. The van der Waals surface area contributed by atoms with Gasteiger partial charge < -0.3 is 14.9 Å². The Hall–Kier alpha value is -2.60. The number of imidazole rings is 1. The number of aromatic amines is 1. The van der Waals surface area contributed by atoms with Crippen molar-refractivity contribution in [3.8, 4) is 0 Å². The SMILES string of the molecule is Cn1c(Nc2c[nH]c3ccc(Cl)nc23)nc2cc(F)ccc21. The zero-order chi connectivity index (χ0) is 15.3. The van der Waals surface area contributed by atoms with Crippen LogP contribution < -0.4 is 5.32 Å². The molecule has 22 heavy (non-hydrogen) atoms. The second-order valence-corrected chi connectivity index (χ2v) is 5.37. The molecule has 0 aliphatic heterocycles. The monoisotopic (exact) mass is 315 g/mol. The van der Waals surface area contributed by atoms with Crippen LogP contribution in [0.15, 0.2) is 36.5 Å². The first kappa shape index (κ1) is 13.1. The van der Waals surface area contributed by atoms with Gasteiger partial charge in [-0.3, -0.25) is 0 Å². The van der Waals surface area contributed by atoms with Crippen molar-refractivity contribution in [2.24, 2.45) is 7.05 Å². The molecule has 0 atom stereocenters. The summed E-state index contributed by atoms with van der Waals surface area (Å²) in [6, 6.07) is 8.11. The quantitative estimate of drug-likeness (QED) is 0.550. The molecule has 1 aromatic carbocycles. The first-order chi connectivity index (χ1) is 10.6. The molecule has 4 rings (SSSR count). The predicted molar refractivity (Wildman–Crippen MR) is 85.1 cm³/mol. The number of pyridine rings is 1. The molecular weight excluding hydrogens is 305 g/mol. The maximum atomic E-state index is 13.3. The number of hydrogen-bond donors (Lipinski definition) is 2. The second-order valence-electron chi connectivity index (χ2n) is 4.98. The van der Waals surface area contributed by atoms with E-state index in [1.54, 1.807) is 18.3 Å². The van der Waals surface area contributed by atoms with Crippen molar-refractivity contribution in [2.75, 3.05) is 5.32 Å². The van der Waals surface area contributed by atoms with Crippen LogP contribution in [0, 0.1) is 5.82 Å². The Morgan fingerprint density at radius 1 is 1.23 bits per heavy atom. The van der Waals surface area contributed by atoms with Crippen molar-refractivity contribution >= 4 is 45.3 Å². The topological polar surface area (TPSA) is 58.5 Å². The number of halogens is 2. The van der Waals surface area contributed by atoms with E-state index in [1.165, 1.54) is 12.1 Å². The maximum Gasteiger partial charge on any atom is 0.208 e. The minimum atomic E-state index is -0.308. The molecule has 0 amide bonds. The number of benzene rings is 1. The third-order valence-corrected chi connectivity index (χ3v) is 3.79. The van der Waals surface area contributed by atoms with Gasteiger partial charge in [0.2, 0.25) is 5.95 Å². The van der Waals surface area contributed by atoms with Gasteiger partial charge in [-0.05, 0) is 24.3 Å². The first-order valence-corrected chi connectivity index (χ1v) is 7.02. The van der Waals surface area contributed by atoms with Gasteiger partial charge in [0.15, 0.2) is 0 Å². The van der Waals surface area contributed by atoms with Gasteiger partial charge in [-0.2, -0.15) is 0 Å². The molecule has 0 saturated carbocycles. The van der Waals surface area contributed by atoms with E-state index in [1.807, 2.05) is 17.7 Å². The zero-order valence-electron chi connectivity index (χ0n) is 11.6. The molecule has 0 bridgehead atoms. The van der Waals surface area contributed by atoms with Crippen molar-refractivity contribution < 1.29 is 4.39 Å². The zero-order valence-corrected chi connectivity index (χ0v) is 12.3. The summed E-state index contributed by atoms with van der Waals surface area (Å²) in [5.74, 6) is 0.293. The van der Waals surface area contributed by atoms with E-state index in [-0.39, 0.29) is 5.82 Å². The number of hydrogen-bond acceptors (Lipinski definition) is 3. The third-order valence-electron chi connectivity index (χ3n) is 3.58. The summed E-state index contributed by atoms with van der Waals surface area (Å²) < 4.78 is 15.2. The number of rotatable bonds is 2. The summed E-state index contributed by atoms with van der Waals surface area (Å²) in [6.07, 6.45) is 1.80. The number of aryl methyl sites for hydroxylation is 1. The van der Waals surface area contributed by atoms with Crippen molar-refractivity contribution in [1.29, 1.82) is 0 Å². The van der Waals surface area contributed by atoms with Gasteiger partial charge in [-0.15, -0.1) is 0 Å². The van der Waals surface area contributed by atoms with Gasteiger partial charge in [0.25, 0.3) is 0 Å². The Balaban J connectivity index is 1.82. The molecule has 110 valence electrons. The minimum Gasteiger partial charge on any atom is -0.358 e. The number of fused-ring (bicyclic) bond motifs is 2. The van der Waals surface area contributed by atoms with Crippen LogP contribution >= 0.6 is 11.6 Å². The predicted octanol–water partition coefficient (Wildman–Crippen LogP) is 3.99. The molecule has 0 spiro atoms. The van der Waals surface area contributed by atoms with Gasteiger partial charge in [0, 0.05) is 19.3 Å². The molecule has 0 saturated heterocycles. The van der Waals surface area contributed by atoms with Crippen LogP contribution in [0.4, 0.5) is 16.0 Å². The van der Waals surface area contributed by atoms with E-state index < -0.39 is 0 Å². The fourth-order valence-electron chi connectivity index (χ4n) is 2.48. The Morgan fingerprint density at radius 3 is 2.95 bits per heavy atom. The van der Waals surface area contributed by atoms with Gasteiger partial charge in [-0.25, -0.2) is 14.4 Å². The fraction of sp³-hybridized carbons (Fsp3) is 0.0667. The van der Waals surface area contributed by atoms with Gasteiger partial charge in [0.05, 0.1) is 22.2 Å². The van der Waals surface area contributed by atoms with Gasteiger partial charge >= 0.3 is 0 Å². The Morgan fingerprint density at radius 2 is 2.09 bits per heavy atom. The number of nitrogens with zero attached hydrogens (tertiary/aromatic N) is 3. The highest BCUT2D eigenvalue weighted by Gasteiger charge is 2.12. The molecule has 0 aliphatic rings. The summed E-state index contributed by atoms with van der Waals surface area (Å²) >= 11 is 5.95. The maximum absolute atomic E-state index is 13.3. The van der Waals surface area contributed by atoms with Crippen LogP contribution in [-0.4, -0.2) is 19.5 Å². The molecular formula is C15H11ClFN5. The minimum absolute atomic E-state index is 0.308. The first-order valence-electron chi connectivity index (χ1n) is 6.64. The lowest BCUT2D eigenvalue weighted by Crippen LogP contribution is -1.98. The molecule has 0 fully saturated rings. The van der Waals surface area contributed by atoms with Crippen molar-refractivity contribution in [2.45, 2.75) is 0 Å². The van der Waals surface area contributed by atoms with Crippen LogP contribution in [0.3, 0.4) is 0 Å².